The van der Waals surface area contributed by atoms with E-state index >= 15 is 0 Å². The summed E-state index contributed by atoms with van der Waals surface area (Å²) in [4.78, 5) is 14.7. The number of carbonyl (C=O) groups is 1. The standard InChI is InChI=1S/C26H24N4O3/c1-30-20-8-5-9-21(31)25(20)24(19(14-28)26(30)29)16-10-11-22(23(12-16)32-2)33-15-18-7-4-3-6-17(18)13-27/h3-4,6-7,10-12,24H,5,8-9,15,29H2,1-2H3/t24-/m0/s1. The van der Waals surface area contributed by atoms with Crippen molar-refractivity contribution in [2.24, 2.45) is 5.73 Å². The molecule has 4 rings (SSSR count). The number of hydrogen-bond donors (Lipinski definition) is 1. The normalized spacial score (nSPS) is 17.9. The van der Waals surface area contributed by atoms with Crippen molar-refractivity contribution in [3.05, 3.63) is 81.8 Å². The lowest BCUT2D eigenvalue weighted by Gasteiger charge is -2.37. The molecule has 1 aliphatic heterocycles. The van der Waals surface area contributed by atoms with Gasteiger partial charge in [0.1, 0.15) is 12.4 Å². The maximum Gasteiger partial charge on any atom is 0.161 e. The third-order valence-corrected chi connectivity index (χ3v) is 6.21. The summed E-state index contributed by atoms with van der Waals surface area (Å²) in [6.07, 6.45) is 1.96. The van der Waals surface area contributed by atoms with E-state index in [1.807, 2.05) is 18.2 Å². The number of ketones is 1. The van der Waals surface area contributed by atoms with Gasteiger partial charge in [-0.15, -0.1) is 0 Å². The highest BCUT2D eigenvalue weighted by Gasteiger charge is 2.38. The van der Waals surface area contributed by atoms with Crippen molar-refractivity contribution in [2.75, 3.05) is 14.2 Å². The molecule has 2 N–H and O–H groups in total. The molecule has 166 valence electrons. The number of hydrogen-bond acceptors (Lipinski definition) is 7. The second-order valence-electron chi connectivity index (χ2n) is 8.01. The molecule has 33 heavy (non-hydrogen) atoms. The van der Waals surface area contributed by atoms with Gasteiger partial charge in [-0.2, -0.15) is 10.5 Å². The zero-order chi connectivity index (χ0) is 23.5. The fourth-order valence-corrected chi connectivity index (χ4v) is 4.49. The number of methoxy groups -OCH3 is 1. The summed E-state index contributed by atoms with van der Waals surface area (Å²) in [5, 5.41) is 19.2. The van der Waals surface area contributed by atoms with Gasteiger partial charge in [0.15, 0.2) is 17.3 Å². The van der Waals surface area contributed by atoms with Gasteiger partial charge in [-0.1, -0.05) is 24.3 Å². The SMILES string of the molecule is COc1cc([C@H]2C(C#N)=C(N)N(C)C3=C2C(=O)CCC3)ccc1OCc1ccccc1C#N. The van der Waals surface area contributed by atoms with E-state index in [-0.39, 0.29) is 12.4 Å². The monoisotopic (exact) mass is 440 g/mol. The number of nitrogens with zero attached hydrogens (tertiary/aromatic N) is 3. The van der Waals surface area contributed by atoms with Crippen LogP contribution >= 0.6 is 0 Å². The Morgan fingerprint density at radius 2 is 1.91 bits per heavy atom. The van der Waals surface area contributed by atoms with Crippen LogP contribution in [0.2, 0.25) is 0 Å². The van der Waals surface area contributed by atoms with Crippen molar-refractivity contribution in [2.45, 2.75) is 31.8 Å². The smallest absolute Gasteiger partial charge is 0.161 e. The van der Waals surface area contributed by atoms with Gasteiger partial charge in [0, 0.05) is 30.3 Å². The molecule has 1 heterocycles. The fraction of sp³-hybridized carbons (Fsp3) is 0.269. The summed E-state index contributed by atoms with van der Waals surface area (Å²) in [6.45, 7) is 0.206. The number of Topliss-reactive ketones (excluding diaryl/α,β-unsaturated/α-hetero) is 1. The summed E-state index contributed by atoms with van der Waals surface area (Å²) in [6, 6.07) is 17.0. The van der Waals surface area contributed by atoms with Crippen LogP contribution in [-0.4, -0.2) is 24.8 Å². The number of nitriles is 2. The Morgan fingerprint density at radius 3 is 2.64 bits per heavy atom. The molecule has 2 aromatic rings. The van der Waals surface area contributed by atoms with Crippen LogP contribution in [0.4, 0.5) is 0 Å². The van der Waals surface area contributed by atoms with Crippen molar-refractivity contribution in [3.8, 4) is 23.6 Å². The Kier molecular flexibility index (Phi) is 6.06. The van der Waals surface area contributed by atoms with Gasteiger partial charge in [0.2, 0.25) is 0 Å². The van der Waals surface area contributed by atoms with Gasteiger partial charge in [0.25, 0.3) is 0 Å². The van der Waals surface area contributed by atoms with Crippen LogP contribution in [0.1, 0.15) is 41.9 Å². The van der Waals surface area contributed by atoms with E-state index in [4.69, 9.17) is 15.2 Å². The summed E-state index contributed by atoms with van der Waals surface area (Å²) in [5.74, 6) is 0.837. The second-order valence-corrected chi connectivity index (χ2v) is 8.01. The maximum atomic E-state index is 12.9. The third-order valence-electron chi connectivity index (χ3n) is 6.21. The summed E-state index contributed by atoms with van der Waals surface area (Å²) in [5.41, 5.74) is 10.2. The van der Waals surface area contributed by atoms with Gasteiger partial charge in [-0.25, -0.2) is 0 Å². The Labute approximate surface area is 192 Å². The van der Waals surface area contributed by atoms with Gasteiger partial charge in [-0.05, 0) is 36.6 Å². The molecule has 0 amide bonds. The molecule has 0 fully saturated rings. The van der Waals surface area contributed by atoms with Crippen LogP contribution in [0.5, 0.6) is 11.5 Å². The highest BCUT2D eigenvalue weighted by molar-refractivity contribution is 5.99. The number of allylic oxidation sites excluding steroid dienone is 3. The van der Waals surface area contributed by atoms with Gasteiger partial charge in [-0.3, -0.25) is 4.79 Å². The minimum Gasteiger partial charge on any atom is -0.493 e. The predicted octanol–water partition coefficient (Wildman–Crippen LogP) is 3.88. The molecule has 0 radical (unpaired) electrons. The maximum absolute atomic E-state index is 12.9. The average Bonchev–Trinajstić information content (AvgIpc) is 2.85. The van der Waals surface area contributed by atoms with Crippen LogP contribution in [0.25, 0.3) is 0 Å². The van der Waals surface area contributed by atoms with E-state index in [9.17, 15) is 15.3 Å². The Balaban J connectivity index is 1.71. The Bertz CT molecular complexity index is 1260. The molecule has 2 aromatic carbocycles. The molecule has 7 nitrogen and oxygen atoms in total. The van der Waals surface area contributed by atoms with Crippen molar-refractivity contribution < 1.29 is 14.3 Å². The largest absolute Gasteiger partial charge is 0.493 e. The van der Waals surface area contributed by atoms with Crippen molar-refractivity contribution in [3.63, 3.8) is 0 Å². The van der Waals surface area contributed by atoms with Crippen molar-refractivity contribution in [1.82, 2.24) is 4.90 Å². The molecule has 2 aliphatic rings. The molecule has 7 heteroatoms. The summed E-state index contributed by atoms with van der Waals surface area (Å²) in [7, 11) is 3.34. The lowest BCUT2D eigenvalue weighted by molar-refractivity contribution is -0.116. The van der Waals surface area contributed by atoms with Crippen LogP contribution < -0.4 is 15.2 Å². The highest BCUT2D eigenvalue weighted by atomic mass is 16.5. The number of nitrogens with two attached hydrogens (primary N) is 1. The number of benzene rings is 2. The van der Waals surface area contributed by atoms with E-state index in [1.54, 1.807) is 36.2 Å². The van der Waals surface area contributed by atoms with E-state index in [0.29, 0.717) is 40.5 Å². The van der Waals surface area contributed by atoms with Crippen molar-refractivity contribution >= 4 is 5.78 Å². The van der Waals surface area contributed by atoms with Gasteiger partial charge < -0.3 is 20.1 Å². The Hall–Kier alpha value is -4.23. The summed E-state index contributed by atoms with van der Waals surface area (Å²) < 4.78 is 11.5. The first-order chi connectivity index (χ1) is 16.0. The van der Waals surface area contributed by atoms with Crippen molar-refractivity contribution in [1.29, 1.82) is 10.5 Å². The Morgan fingerprint density at radius 1 is 1.12 bits per heavy atom. The quantitative estimate of drug-likeness (QED) is 0.751. The molecule has 1 aliphatic carbocycles. The van der Waals surface area contributed by atoms with Gasteiger partial charge in [0.05, 0.1) is 36.3 Å². The van der Waals surface area contributed by atoms with E-state index < -0.39 is 5.92 Å². The molecular weight excluding hydrogens is 416 g/mol. The van der Waals surface area contributed by atoms with Gasteiger partial charge >= 0.3 is 0 Å². The molecule has 0 saturated carbocycles. The topological polar surface area (TPSA) is 112 Å². The zero-order valence-corrected chi connectivity index (χ0v) is 18.6. The summed E-state index contributed by atoms with van der Waals surface area (Å²) >= 11 is 0. The van der Waals surface area contributed by atoms with E-state index in [0.717, 1.165) is 29.7 Å². The number of ether oxygens (including phenoxy) is 2. The average molecular weight is 441 g/mol. The fourth-order valence-electron chi connectivity index (χ4n) is 4.49. The third kappa shape index (κ3) is 3.90. The van der Waals surface area contributed by atoms with E-state index in [2.05, 4.69) is 12.1 Å². The highest BCUT2D eigenvalue weighted by Crippen LogP contribution is 2.45. The minimum atomic E-state index is -0.545. The molecule has 0 saturated heterocycles. The molecule has 0 bridgehead atoms. The van der Waals surface area contributed by atoms with Crippen LogP contribution in [0, 0.1) is 22.7 Å². The first-order valence-electron chi connectivity index (χ1n) is 10.7. The second kappa shape index (κ2) is 9.10. The number of rotatable bonds is 5. The molecule has 0 spiro atoms. The van der Waals surface area contributed by atoms with Crippen LogP contribution in [0.3, 0.4) is 0 Å². The zero-order valence-electron chi connectivity index (χ0n) is 18.6. The molecular formula is C26H24N4O3. The predicted molar refractivity (Wildman–Crippen MR) is 122 cm³/mol. The molecule has 0 unspecified atom stereocenters. The lowest BCUT2D eigenvalue weighted by Crippen LogP contribution is -2.36. The van der Waals surface area contributed by atoms with Crippen LogP contribution in [0.15, 0.2) is 65.1 Å². The first-order valence-corrected chi connectivity index (χ1v) is 10.7. The minimum absolute atomic E-state index is 0.0424. The van der Waals surface area contributed by atoms with Crippen LogP contribution in [-0.2, 0) is 11.4 Å². The van der Waals surface area contributed by atoms with E-state index in [1.165, 1.54) is 7.11 Å². The molecule has 1 atom stereocenters. The first kappa shape index (κ1) is 22.0. The number of carbonyl (C=O) groups excluding carboxylic acids is 1. The molecule has 0 aromatic heterocycles. The lowest BCUT2D eigenvalue weighted by atomic mass is 9.76.